The highest BCUT2D eigenvalue weighted by atomic mass is 19.4. The zero-order valence-corrected chi connectivity index (χ0v) is 15.3. The zero-order chi connectivity index (χ0) is 22.1. The maximum absolute atomic E-state index is 14.0. The van der Waals surface area contributed by atoms with Crippen molar-refractivity contribution in [2.45, 2.75) is 18.6 Å². The molecular weight excluding hydrogens is 421 g/mol. The van der Waals surface area contributed by atoms with Crippen molar-refractivity contribution in [2.24, 2.45) is 0 Å². The van der Waals surface area contributed by atoms with Crippen molar-refractivity contribution in [3.05, 3.63) is 58.9 Å². The van der Waals surface area contributed by atoms with Crippen LogP contribution in [0.2, 0.25) is 0 Å². The van der Waals surface area contributed by atoms with Gasteiger partial charge in [0.25, 0.3) is 0 Å². The van der Waals surface area contributed by atoms with Crippen LogP contribution in [0.4, 0.5) is 30.7 Å². The van der Waals surface area contributed by atoms with Crippen LogP contribution >= 0.6 is 0 Å². The van der Waals surface area contributed by atoms with E-state index in [0.717, 1.165) is 24.3 Å². The van der Waals surface area contributed by atoms with Crippen LogP contribution in [0.15, 0.2) is 36.4 Å². The molecule has 0 bridgehead atoms. The Kier molecular flexibility index (Phi) is 6.14. The summed E-state index contributed by atoms with van der Waals surface area (Å²) in [6, 6.07) is 4.08. The molecule has 11 heteroatoms. The summed E-state index contributed by atoms with van der Waals surface area (Å²) in [5.41, 5.74) is -1.76. The number of ether oxygens (including phenoxy) is 1. The van der Waals surface area contributed by atoms with E-state index in [2.05, 4.69) is 10.1 Å². The third-order valence-corrected chi connectivity index (χ3v) is 4.69. The molecule has 2 aromatic rings. The molecule has 1 saturated heterocycles. The SMILES string of the molecule is Oc1c(F)ccc(C(F)(F)F)c1[C@@H](c1ccc(OC(F)(F)F)cc1)N1CCNCC1. The number of nitrogens with one attached hydrogen (secondary N) is 1. The quantitative estimate of drug-likeness (QED) is 0.693. The van der Waals surface area contributed by atoms with Crippen LogP contribution in [-0.4, -0.2) is 42.5 Å². The number of phenolic OH excluding ortho intramolecular Hbond substituents is 1. The smallest absolute Gasteiger partial charge is 0.505 e. The van der Waals surface area contributed by atoms with E-state index in [4.69, 9.17) is 0 Å². The second kappa shape index (κ2) is 8.31. The maximum atomic E-state index is 14.0. The lowest BCUT2D eigenvalue weighted by Gasteiger charge is -2.37. The Hall–Kier alpha value is -2.53. The van der Waals surface area contributed by atoms with Gasteiger partial charge in [-0.15, -0.1) is 13.2 Å². The first-order valence-corrected chi connectivity index (χ1v) is 8.86. The highest BCUT2D eigenvalue weighted by Gasteiger charge is 2.40. The first-order chi connectivity index (χ1) is 14.0. The van der Waals surface area contributed by atoms with E-state index in [1.165, 1.54) is 0 Å². The fraction of sp³-hybridized carbons (Fsp3) is 0.368. The standard InChI is InChI=1S/C19H17F7N2O2/c20-14-6-5-13(18(21,22)23)15(17(14)29)16(28-9-7-27-8-10-28)11-1-3-12(4-2-11)30-19(24,25)26/h1-6,16,27,29H,7-10H2/t16-/m1/s1. The number of benzene rings is 2. The van der Waals surface area contributed by atoms with Gasteiger partial charge in [0.15, 0.2) is 11.6 Å². The lowest BCUT2D eigenvalue weighted by Crippen LogP contribution is -2.45. The van der Waals surface area contributed by atoms with Crippen LogP contribution < -0.4 is 10.1 Å². The van der Waals surface area contributed by atoms with Crippen molar-refractivity contribution < 1.29 is 40.6 Å². The molecule has 0 aliphatic carbocycles. The lowest BCUT2D eigenvalue weighted by atomic mass is 9.91. The summed E-state index contributed by atoms with van der Waals surface area (Å²) in [4.78, 5) is 1.60. The van der Waals surface area contributed by atoms with Crippen LogP contribution in [0, 0.1) is 5.82 Å². The summed E-state index contributed by atoms with van der Waals surface area (Å²) in [5, 5.41) is 13.3. The van der Waals surface area contributed by atoms with Gasteiger partial charge < -0.3 is 15.2 Å². The van der Waals surface area contributed by atoms with E-state index in [-0.39, 0.29) is 18.7 Å². The number of nitrogens with zero attached hydrogens (tertiary/aromatic N) is 1. The van der Waals surface area contributed by atoms with Crippen LogP contribution in [-0.2, 0) is 6.18 Å². The minimum absolute atomic E-state index is 0.151. The second-order valence-corrected chi connectivity index (χ2v) is 6.66. The molecule has 4 nitrogen and oxygen atoms in total. The molecule has 0 spiro atoms. The Balaban J connectivity index is 2.12. The number of halogens is 7. The van der Waals surface area contributed by atoms with Crippen molar-refractivity contribution >= 4 is 0 Å². The van der Waals surface area contributed by atoms with Gasteiger partial charge in [-0.3, -0.25) is 4.90 Å². The van der Waals surface area contributed by atoms with Crippen molar-refractivity contribution in [1.82, 2.24) is 10.2 Å². The fourth-order valence-corrected chi connectivity index (χ4v) is 3.46. The van der Waals surface area contributed by atoms with Crippen LogP contribution in [0.3, 0.4) is 0 Å². The first kappa shape index (κ1) is 22.2. The first-order valence-electron chi connectivity index (χ1n) is 8.86. The minimum Gasteiger partial charge on any atom is -0.505 e. The molecule has 1 aliphatic rings. The number of rotatable bonds is 4. The van der Waals surface area contributed by atoms with Gasteiger partial charge in [0, 0.05) is 31.7 Å². The van der Waals surface area contributed by atoms with E-state index < -0.39 is 47.0 Å². The summed E-state index contributed by atoms with van der Waals surface area (Å²) in [6.45, 7) is 1.42. The zero-order valence-electron chi connectivity index (χ0n) is 15.3. The molecule has 1 atom stereocenters. The average Bonchev–Trinajstić information content (AvgIpc) is 2.65. The van der Waals surface area contributed by atoms with Gasteiger partial charge in [-0.2, -0.15) is 13.2 Å². The van der Waals surface area contributed by atoms with Crippen LogP contribution in [0.25, 0.3) is 0 Å². The van der Waals surface area contributed by atoms with Crippen molar-refractivity contribution in [2.75, 3.05) is 26.2 Å². The second-order valence-electron chi connectivity index (χ2n) is 6.66. The lowest BCUT2D eigenvalue weighted by molar-refractivity contribution is -0.274. The Labute approximate surface area is 166 Å². The van der Waals surface area contributed by atoms with Gasteiger partial charge in [0.1, 0.15) is 5.75 Å². The summed E-state index contributed by atoms with van der Waals surface area (Å²) in [7, 11) is 0. The molecule has 0 amide bonds. The summed E-state index contributed by atoms with van der Waals surface area (Å²) in [6.07, 6.45) is -9.81. The minimum atomic E-state index is -4.93. The average molecular weight is 438 g/mol. The molecule has 1 aliphatic heterocycles. The fourth-order valence-electron chi connectivity index (χ4n) is 3.46. The Morgan fingerprint density at radius 2 is 1.53 bits per heavy atom. The molecule has 0 unspecified atom stereocenters. The van der Waals surface area contributed by atoms with E-state index in [9.17, 15) is 35.8 Å². The normalized spacial score (nSPS) is 17.0. The van der Waals surface area contributed by atoms with Crippen molar-refractivity contribution in [1.29, 1.82) is 0 Å². The van der Waals surface area contributed by atoms with Crippen LogP contribution in [0.5, 0.6) is 11.5 Å². The summed E-state index contributed by atoms with van der Waals surface area (Å²) in [5.74, 6) is -2.93. The van der Waals surface area contributed by atoms with E-state index >= 15 is 0 Å². The predicted octanol–water partition coefficient (Wildman–Crippen LogP) is 4.44. The van der Waals surface area contributed by atoms with E-state index in [1.54, 1.807) is 4.90 Å². The topological polar surface area (TPSA) is 44.7 Å². The van der Waals surface area contributed by atoms with Gasteiger partial charge in [-0.05, 0) is 29.8 Å². The van der Waals surface area contributed by atoms with Gasteiger partial charge >= 0.3 is 12.5 Å². The van der Waals surface area contributed by atoms with Crippen LogP contribution in [0.1, 0.15) is 22.7 Å². The highest BCUT2D eigenvalue weighted by molar-refractivity contribution is 5.49. The molecule has 0 radical (unpaired) electrons. The summed E-state index contributed by atoms with van der Waals surface area (Å²) >= 11 is 0. The molecule has 2 aromatic carbocycles. The molecule has 3 rings (SSSR count). The molecule has 0 saturated carbocycles. The van der Waals surface area contributed by atoms with Crippen molar-refractivity contribution in [3.63, 3.8) is 0 Å². The van der Waals surface area contributed by atoms with E-state index in [0.29, 0.717) is 25.2 Å². The van der Waals surface area contributed by atoms with Gasteiger partial charge in [0.05, 0.1) is 11.6 Å². The third-order valence-electron chi connectivity index (χ3n) is 4.69. The number of phenols is 1. The number of hydrogen-bond donors (Lipinski definition) is 2. The number of hydrogen-bond acceptors (Lipinski definition) is 4. The van der Waals surface area contributed by atoms with Gasteiger partial charge in [0.2, 0.25) is 0 Å². The Morgan fingerprint density at radius 3 is 2.07 bits per heavy atom. The molecule has 1 heterocycles. The van der Waals surface area contributed by atoms with Gasteiger partial charge in [-0.1, -0.05) is 12.1 Å². The molecule has 1 fully saturated rings. The van der Waals surface area contributed by atoms with Crippen molar-refractivity contribution in [3.8, 4) is 11.5 Å². The third kappa shape index (κ3) is 4.96. The van der Waals surface area contributed by atoms with E-state index in [1.807, 2.05) is 0 Å². The monoisotopic (exact) mass is 438 g/mol. The molecular formula is C19H17F7N2O2. The number of piperazine rings is 1. The number of alkyl halides is 6. The molecule has 2 N–H and O–H groups in total. The molecule has 164 valence electrons. The Bertz CT molecular complexity index is 876. The van der Waals surface area contributed by atoms with Gasteiger partial charge in [-0.25, -0.2) is 4.39 Å². The molecule has 0 aromatic heterocycles. The largest absolute Gasteiger partial charge is 0.573 e. The molecule has 30 heavy (non-hydrogen) atoms. The predicted molar refractivity (Wildman–Crippen MR) is 92.5 cm³/mol. The highest BCUT2D eigenvalue weighted by Crippen LogP contribution is 2.44. The maximum Gasteiger partial charge on any atom is 0.573 e. The summed E-state index contributed by atoms with van der Waals surface area (Å²) < 4.78 is 96.0. The Morgan fingerprint density at radius 1 is 0.933 bits per heavy atom. The number of aromatic hydroxyl groups is 1.